The fourth-order valence-corrected chi connectivity index (χ4v) is 4.65. The fourth-order valence-electron chi connectivity index (χ4n) is 4.65. The minimum atomic E-state index is -0.0504. The van der Waals surface area contributed by atoms with Gasteiger partial charge in [0.2, 0.25) is 5.90 Å². The van der Waals surface area contributed by atoms with Crippen LogP contribution < -0.4 is 10.7 Å². The van der Waals surface area contributed by atoms with E-state index in [1.165, 1.54) is 0 Å². The van der Waals surface area contributed by atoms with Crippen LogP contribution in [0.25, 0.3) is 21.8 Å². The number of hydrogen-bond acceptors (Lipinski definition) is 3. The summed E-state index contributed by atoms with van der Waals surface area (Å²) < 4.78 is 4.16. The van der Waals surface area contributed by atoms with E-state index in [2.05, 4.69) is 45.9 Å². The summed E-state index contributed by atoms with van der Waals surface area (Å²) in [5, 5.41) is 14.6. The van der Waals surface area contributed by atoms with Crippen LogP contribution in [0.5, 0.6) is 0 Å². The Hall–Kier alpha value is -5.23. The van der Waals surface area contributed by atoms with Gasteiger partial charge in [-0.05, 0) is 72.8 Å². The molecule has 0 amide bonds. The predicted molar refractivity (Wildman–Crippen MR) is 158 cm³/mol. The summed E-state index contributed by atoms with van der Waals surface area (Å²) >= 11 is 0. The normalized spacial score (nSPS) is 11.6. The number of aliphatic imine (C=N–C) groups is 1. The van der Waals surface area contributed by atoms with Crippen molar-refractivity contribution >= 4 is 44.8 Å². The van der Waals surface area contributed by atoms with Crippen molar-refractivity contribution in [3.63, 3.8) is 0 Å². The SMILES string of the molecule is Cn1ccc(=Nc2ccc(C(O)=Nc3ccc(N=c4c5ccccc5n(C)c5ccccc45)cc3)cc2)cc1. The van der Waals surface area contributed by atoms with Crippen LogP contribution in [-0.4, -0.2) is 20.1 Å². The van der Waals surface area contributed by atoms with Crippen LogP contribution in [0.4, 0.5) is 17.1 Å². The zero-order valence-electron chi connectivity index (χ0n) is 21.7. The molecule has 0 bridgehead atoms. The molecule has 0 atom stereocenters. The highest BCUT2D eigenvalue weighted by Crippen LogP contribution is 2.22. The first-order valence-corrected chi connectivity index (χ1v) is 12.7. The lowest BCUT2D eigenvalue weighted by atomic mass is 10.1. The maximum atomic E-state index is 10.6. The predicted octanol–water partition coefficient (Wildman–Crippen LogP) is 6.77. The third-order valence-electron chi connectivity index (χ3n) is 6.71. The molecule has 6 nitrogen and oxygen atoms in total. The molecule has 0 saturated heterocycles. The lowest BCUT2D eigenvalue weighted by Crippen LogP contribution is -2.10. The van der Waals surface area contributed by atoms with Crippen LogP contribution >= 0.6 is 0 Å². The lowest BCUT2D eigenvalue weighted by Gasteiger charge is -2.11. The van der Waals surface area contributed by atoms with E-state index in [4.69, 9.17) is 4.99 Å². The molecule has 0 aliphatic rings. The van der Waals surface area contributed by atoms with Gasteiger partial charge in [0, 0.05) is 42.8 Å². The van der Waals surface area contributed by atoms with E-state index in [-0.39, 0.29) is 5.90 Å². The monoisotopic (exact) mass is 509 g/mol. The Morgan fingerprint density at radius 3 is 1.72 bits per heavy atom. The van der Waals surface area contributed by atoms with Crippen molar-refractivity contribution in [3.8, 4) is 0 Å². The van der Waals surface area contributed by atoms with Gasteiger partial charge in [-0.25, -0.2) is 15.0 Å². The maximum Gasteiger partial charge on any atom is 0.218 e. The van der Waals surface area contributed by atoms with Crippen LogP contribution in [-0.2, 0) is 14.1 Å². The summed E-state index contributed by atoms with van der Waals surface area (Å²) in [6.07, 6.45) is 3.91. The zero-order valence-corrected chi connectivity index (χ0v) is 21.7. The third-order valence-corrected chi connectivity index (χ3v) is 6.71. The molecule has 39 heavy (non-hydrogen) atoms. The van der Waals surface area contributed by atoms with E-state index in [0.717, 1.165) is 43.9 Å². The number of pyridine rings is 2. The standard InChI is InChI=1S/C33H27N5O/c1-37-21-19-27(20-22-37)34-24-13-11-23(12-14-24)33(39)36-26-17-15-25(16-18-26)35-32-28-7-3-5-9-30(28)38(2)31-10-6-4-8-29(31)32/h3-22H,1-2H3,(H,36,39). The second-order valence-corrected chi connectivity index (χ2v) is 9.39. The Kier molecular flexibility index (Phi) is 6.35. The van der Waals surface area contributed by atoms with Gasteiger partial charge in [-0.1, -0.05) is 36.4 Å². The van der Waals surface area contributed by atoms with Crippen molar-refractivity contribution < 1.29 is 5.11 Å². The fraction of sp³-hybridized carbons (Fsp3) is 0.0606. The van der Waals surface area contributed by atoms with Crippen LogP contribution in [0.2, 0.25) is 0 Å². The zero-order chi connectivity index (χ0) is 26.8. The first kappa shape index (κ1) is 24.1. The van der Waals surface area contributed by atoms with E-state index < -0.39 is 0 Å². The van der Waals surface area contributed by atoms with Crippen molar-refractivity contribution in [2.75, 3.05) is 0 Å². The van der Waals surface area contributed by atoms with E-state index >= 15 is 0 Å². The number of hydrogen-bond donors (Lipinski definition) is 1. The van der Waals surface area contributed by atoms with Crippen molar-refractivity contribution in [1.82, 2.24) is 9.13 Å². The number of para-hydroxylation sites is 2. The van der Waals surface area contributed by atoms with Crippen LogP contribution in [0, 0.1) is 0 Å². The average Bonchev–Trinajstić information content (AvgIpc) is 2.98. The molecule has 2 aromatic heterocycles. The Morgan fingerprint density at radius 1 is 0.590 bits per heavy atom. The lowest BCUT2D eigenvalue weighted by molar-refractivity contribution is 0.555. The highest BCUT2D eigenvalue weighted by atomic mass is 16.3. The van der Waals surface area contributed by atoms with E-state index in [0.29, 0.717) is 11.3 Å². The number of fused-ring (bicyclic) bond motifs is 2. The number of aliphatic hydroxyl groups is 1. The van der Waals surface area contributed by atoms with Gasteiger partial charge in [-0.2, -0.15) is 0 Å². The summed E-state index contributed by atoms with van der Waals surface area (Å²) in [5.41, 5.74) is 5.14. The number of nitrogens with zero attached hydrogens (tertiary/aromatic N) is 5. The number of rotatable bonds is 4. The van der Waals surface area contributed by atoms with Gasteiger partial charge >= 0.3 is 0 Å². The van der Waals surface area contributed by atoms with Crippen molar-refractivity contribution in [2.24, 2.45) is 29.1 Å². The van der Waals surface area contributed by atoms with Gasteiger partial charge in [-0.3, -0.25) is 0 Å². The van der Waals surface area contributed by atoms with Gasteiger partial charge in [0.15, 0.2) is 0 Å². The van der Waals surface area contributed by atoms with Crippen LogP contribution in [0.1, 0.15) is 5.56 Å². The highest BCUT2D eigenvalue weighted by molar-refractivity contribution is 5.95. The van der Waals surface area contributed by atoms with Gasteiger partial charge in [0.1, 0.15) is 0 Å². The molecule has 0 unspecified atom stereocenters. The summed E-state index contributed by atoms with van der Waals surface area (Å²) in [6.45, 7) is 0. The molecule has 0 aliphatic heterocycles. The Morgan fingerprint density at radius 2 is 1.10 bits per heavy atom. The van der Waals surface area contributed by atoms with Crippen LogP contribution in [0.3, 0.4) is 0 Å². The first-order chi connectivity index (χ1) is 19.0. The maximum absolute atomic E-state index is 10.6. The minimum absolute atomic E-state index is 0.0504. The topological polar surface area (TPSA) is 67.2 Å². The number of aliphatic hydroxyl groups excluding tert-OH is 1. The molecule has 0 radical (unpaired) electrons. The van der Waals surface area contributed by atoms with Crippen LogP contribution in [0.15, 0.2) is 137 Å². The molecule has 2 heterocycles. The number of aromatic nitrogens is 2. The van der Waals surface area contributed by atoms with Crippen molar-refractivity contribution in [1.29, 1.82) is 0 Å². The van der Waals surface area contributed by atoms with E-state index in [1.54, 1.807) is 0 Å². The van der Waals surface area contributed by atoms with Gasteiger partial charge < -0.3 is 14.2 Å². The Bertz CT molecular complexity index is 1900. The molecular weight excluding hydrogens is 482 g/mol. The quantitative estimate of drug-likeness (QED) is 0.159. The Labute approximate surface area is 225 Å². The summed E-state index contributed by atoms with van der Waals surface area (Å²) in [4.78, 5) is 14.0. The minimum Gasteiger partial charge on any atom is -0.493 e. The van der Waals surface area contributed by atoms with E-state index in [9.17, 15) is 5.11 Å². The molecule has 0 saturated carbocycles. The van der Waals surface area contributed by atoms with Gasteiger partial charge in [-0.15, -0.1) is 0 Å². The summed E-state index contributed by atoms with van der Waals surface area (Å²) in [6, 6.07) is 35.4. The highest BCUT2D eigenvalue weighted by Gasteiger charge is 2.07. The molecule has 6 rings (SSSR count). The molecule has 0 spiro atoms. The molecule has 0 aliphatic carbocycles. The third kappa shape index (κ3) is 5.00. The molecule has 1 N–H and O–H groups in total. The van der Waals surface area contributed by atoms with Gasteiger partial charge in [0.05, 0.1) is 38.8 Å². The van der Waals surface area contributed by atoms with E-state index in [1.807, 2.05) is 109 Å². The average molecular weight is 510 g/mol. The summed E-state index contributed by atoms with van der Waals surface area (Å²) in [5.74, 6) is -0.0504. The van der Waals surface area contributed by atoms with Gasteiger partial charge in [0.25, 0.3) is 0 Å². The van der Waals surface area contributed by atoms with Crippen molar-refractivity contribution in [3.05, 3.63) is 138 Å². The Balaban J connectivity index is 1.30. The first-order valence-electron chi connectivity index (χ1n) is 12.7. The molecule has 4 aromatic carbocycles. The molecule has 0 fully saturated rings. The smallest absolute Gasteiger partial charge is 0.218 e. The summed E-state index contributed by atoms with van der Waals surface area (Å²) in [7, 11) is 4.05. The molecule has 6 heteroatoms. The largest absolute Gasteiger partial charge is 0.493 e. The molecule has 6 aromatic rings. The second-order valence-electron chi connectivity index (χ2n) is 9.39. The van der Waals surface area contributed by atoms with Crippen molar-refractivity contribution in [2.45, 2.75) is 0 Å². The number of benzene rings is 4. The molecular formula is C33H27N5O. The second kappa shape index (κ2) is 10.3. The molecule has 190 valence electrons. The number of aryl methyl sites for hydroxylation is 2.